The Balaban J connectivity index is 2.49. The van der Waals surface area contributed by atoms with Crippen LogP contribution in [0, 0.1) is 11.3 Å². The van der Waals surface area contributed by atoms with E-state index in [2.05, 4.69) is 5.32 Å². The predicted octanol–water partition coefficient (Wildman–Crippen LogP) is 2.08. The van der Waals surface area contributed by atoms with E-state index in [4.69, 9.17) is 11.0 Å². The molecule has 86 valence electrons. The molecule has 1 amide bonds. The predicted molar refractivity (Wildman–Crippen MR) is 65.2 cm³/mol. The van der Waals surface area contributed by atoms with Crippen molar-refractivity contribution in [2.45, 2.75) is 32.2 Å². The number of nitrogens with two attached hydrogens (primary N) is 1. The van der Waals surface area contributed by atoms with E-state index in [0.29, 0.717) is 17.0 Å². The zero-order valence-corrected chi connectivity index (χ0v) is 10.0. The third kappa shape index (κ3) is 3.65. The van der Waals surface area contributed by atoms with E-state index >= 15 is 0 Å². The molecule has 4 nitrogen and oxygen atoms in total. The van der Waals surface area contributed by atoms with Crippen LogP contribution in [0.4, 0.5) is 5.00 Å². The number of hydrogen-bond donors (Lipinski definition) is 2. The van der Waals surface area contributed by atoms with E-state index in [9.17, 15) is 4.79 Å². The molecule has 1 unspecified atom stereocenters. The molecule has 0 saturated carbocycles. The number of carbonyl (C=O) groups excluding carboxylic acids is 1. The number of amides is 1. The standard InChI is InChI=1S/C11H15N3OS/c1-2-3-9(13)6-10(15)14-11-8(7-12)4-5-16-11/h4-5,9H,2-3,6,13H2,1H3,(H,14,15). The number of nitrogens with zero attached hydrogens (tertiary/aromatic N) is 1. The fourth-order valence-electron chi connectivity index (χ4n) is 1.38. The Morgan fingerprint density at radius 3 is 3.12 bits per heavy atom. The van der Waals surface area contributed by atoms with Crippen LogP contribution < -0.4 is 11.1 Å². The number of rotatable bonds is 5. The number of hydrogen-bond acceptors (Lipinski definition) is 4. The first-order chi connectivity index (χ1) is 7.67. The van der Waals surface area contributed by atoms with Gasteiger partial charge in [-0.05, 0) is 17.9 Å². The van der Waals surface area contributed by atoms with Gasteiger partial charge >= 0.3 is 0 Å². The van der Waals surface area contributed by atoms with Crippen molar-refractivity contribution in [2.75, 3.05) is 5.32 Å². The van der Waals surface area contributed by atoms with Gasteiger partial charge in [-0.25, -0.2) is 0 Å². The van der Waals surface area contributed by atoms with Crippen LogP contribution >= 0.6 is 11.3 Å². The van der Waals surface area contributed by atoms with E-state index in [1.54, 1.807) is 11.4 Å². The van der Waals surface area contributed by atoms with Gasteiger partial charge in [-0.2, -0.15) is 5.26 Å². The van der Waals surface area contributed by atoms with Crippen LogP contribution in [-0.2, 0) is 4.79 Å². The Labute approximate surface area is 99.1 Å². The highest BCUT2D eigenvalue weighted by Crippen LogP contribution is 2.22. The summed E-state index contributed by atoms with van der Waals surface area (Å²) >= 11 is 1.35. The molecule has 1 aromatic heterocycles. The Morgan fingerprint density at radius 1 is 1.75 bits per heavy atom. The Morgan fingerprint density at radius 2 is 2.50 bits per heavy atom. The number of anilines is 1. The summed E-state index contributed by atoms with van der Waals surface area (Å²) in [5, 5.41) is 13.9. The smallest absolute Gasteiger partial charge is 0.226 e. The van der Waals surface area contributed by atoms with E-state index in [-0.39, 0.29) is 11.9 Å². The van der Waals surface area contributed by atoms with Crippen molar-refractivity contribution < 1.29 is 4.79 Å². The molecule has 1 aromatic rings. The molecule has 1 heterocycles. The number of carbonyl (C=O) groups is 1. The summed E-state index contributed by atoms with van der Waals surface area (Å²) in [5.74, 6) is -0.125. The number of nitrogens with one attached hydrogen (secondary N) is 1. The van der Waals surface area contributed by atoms with Crippen molar-refractivity contribution in [1.29, 1.82) is 5.26 Å². The first-order valence-corrected chi connectivity index (χ1v) is 6.08. The third-order valence-electron chi connectivity index (χ3n) is 2.15. The maximum Gasteiger partial charge on any atom is 0.226 e. The van der Waals surface area contributed by atoms with Crippen LogP contribution in [0.25, 0.3) is 0 Å². The van der Waals surface area contributed by atoms with E-state index in [1.807, 2.05) is 13.0 Å². The van der Waals surface area contributed by atoms with Crippen molar-refractivity contribution in [2.24, 2.45) is 5.73 Å². The lowest BCUT2D eigenvalue weighted by Crippen LogP contribution is -2.26. The molecular weight excluding hydrogens is 222 g/mol. The number of nitriles is 1. The molecule has 0 fully saturated rings. The molecule has 3 N–H and O–H groups in total. The van der Waals surface area contributed by atoms with Crippen LogP contribution in [0.3, 0.4) is 0 Å². The van der Waals surface area contributed by atoms with Crippen LogP contribution in [0.5, 0.6) is 0 Å². The maximum atomic E-state index is 11.6. The topological polar surface area (TPSA) is 78.9 Å². The van der Waals surface area contributed by atoms with Gasteiger partial charge in [0.25, 0.3) is 0 Å². The van der Waals surface area contributed by atoms with Gasteiger partial charge in [0, 0.05) is 12.5 Å². The summed E-state index contributed by atoms with van der Waals surface area (Å²) in [6, 6.07) is 3.61. The minimum atomic E-state index is -0.125. The molecule has 0 saturated heterocycles. The lowest BCUT2D eigenvalue weighted by molar-refractivity contribution is -0.116. The minimum absolute atomic E-state index is 0.101. The van der Waals surface area contributed by atoms with Crippen molar-refractivity contribution in [3.8, 4) is 6.07 Å². The minimum Gasteiger partial charge on any atom is -0.327 e. The van der Waals surface area contributed by atoms with Crippen molar-refractivity contribution in [3.05, 3.63) is 17.0 Å². The van der Waals surface area contributed by atoms with Gasteiger partial charge in [-0.15, -0.1) is 11.3 Å². The van der Waals surface area contributed by atoms with Gasteiger partial charge in [0.05, 0.1) is 5.56 Å². The highest BCUT2D eigenvalue weighted by atomic mass is 32.1. The summed E-state index contributed by atoms with van der Waals surface area (Å²) < 4.78 is 0. The van der Waals surface area contributed by atoms with Crippen LogP contribution in [0.1, 0.15) is 31.7 Å². The van der Waals surface area contributed by atoms with Crippen LogP contribution in [0.2, 0.25) is 0 Å². The highest BCUT2D eigenvalue weighted by molar-refractivity contribution is 7.14. The third-order valence-corrected chi connectivity index (χ3v) is 2.98. The summed E-state index contributed by atoms with van der Waals surface area (Å²) in [6.45, 7) is 2.03. The molecule has 1 atom stereocenters. The van der Waals surface area contributed by atoms with Gasteiger partial charge in [0.15, 0.2) is 0 Å². The van der Waals surface area contributed by atoms with Gasteiger partial charge < -0.3 is 11.1 Å². The molecule has 0 aromatic carbocycles. The fourth-order valence-corrected chi connectivity index (χ4v) is 2.14. The zero-order chi connectivity index (χ0) is 12.0. The monoisotopic (exact) mass is 237 g/mol. The molecule has 0 radical (unpaired) electrons. The second-order valence-corrected chi connectivity index (χ2v) is 4.49. The second kappa shape index (κ2) is 6.26. The van der Waals surface area contributed by atoms with Gasteiger partial charge in [-0.1, -0.05) is 13.3 Å². The van der Waals surface area contributed by atoms with Crippen LogP contribution in [-0.4, -0.2) is 11.9 Å². The Bertz CT molecular complexity index is 394. The molecule has 0 aliphatic heterocycles. The van der Waals surface area contributed by atoms with Crippen molar-refractivity contribution >= 4 is 22.2 Å². The molecule has 0 aliphatic rings. The van der Waals surface area contributed by atoms with Gasteiger partial charge in [-0.3, -0.25) is 4.79 Å². The summed E-state index contributed by atoms with van der Waals surface area (Å²) in [4.78, 5) is 11.6. The fraction of sp³-hybridized carbons (Fsp3) is 0.455. The summed E-state index contributed by atoms with van der Waals surface area (Å²) in [6.07, 6.45) is 2.11. The van der Waals surface area contributed by atoms with Crippen molar-refractivity contribution in [3.63, 3.8) is 0 Å². The average Bonchev–Trinajstić information content (AvgIpc) is 2.65. The average molecular weight is 237 g/mol. The molecule has 0 spiro atoms. The quantitative estimate of drug-likeness (QED) is 0.822. The summed E-state index contributed by atoms with van der Waals surface area (Å²) in [7, 11) is 0. The van der Waals surface area contributed by atoms with E-state index in [1.165, 1.54) is 11.3 Å². The Hall–Kier alpha value is -1.38. The molecule has 0 aliphatic carbocycles. The first kappa shape index (κ1) is 12.7. The number of thiophene rings is 1. The largest absolute Gasteiger partial charge is 0.327 e. The van der Waals surface area contributed by atoms with Crippen LogP contribution in [0.15, 0.2) is 11.4 Å². The van der Waals surface area contributed by atoms with Crippen molar-refractivity contribution in [1.82, 2.24) is 0 Å². The summed E-state index contributed by atoms with van der Waals surface area (Å²) in [5.41, 5.74) is 6.26. The molecule has 16 heavy (non-hydrogen) atoms. The van der Waals surface area contributed by atoms with E-state index < -0.39 is 0 Å². The maximum absolute atomic E-state index is 11.6. The second-order valence-electron chi connectivity index (χ2n) is 3.58. The SMILES string of the molecule is CCCC(N)CC(=O)Nc1sccc1C#N. The molecule has 5 heteroatoms. The lowest BCUT2D eigenvalue weighted by atomic mass is 10.1. The molecule has 0 bridgehead atoms. The van der Waals surface area contributed by atoms with Gasteiger partial charge in [0.1, 0.15) is 11.1 Å². The zero-order valence-electron chi connectivity index (χ0n) is 9.19. The molecular formula is C11H15N3OS. The van der Waals surface area contributed by atoms with E-state index in [0.717, 1.165) is 12.8 Å². The first-order valence-electron chi connectivity index (χ1n) is 5.20. The normalized spacial score (nSPS) is 11.8. The molecule has 1 rings (SSSR count). The highest BCUT2D eigenvalue weighted by Gasteiger charge is 2.11. The van der Waals surface area contributed by atoms with Gasteiger partial charge in [0.2, 0.25) is 5.91 Å². The Kier molecular flexibility index (Phi) is 4.96. The lowest BCUT2D eigenvalue weighted by Gasteiger charge is -2.09.